The number of amides is 1. The van der Waals surface area contributed by atoms with Crippen molar-refractivity contribution in [2.24, 2.45) is 0 Å². The van der Waals surface area contributed by atoms with Crippen LogP contribution in [0.5, 0.6) is 0 Å². The van der Waals surface area contributed by atoms with E-state index in [0.29, 0.717) is 6.42 Å². The average Bonchev–Trinajstić information content (AvgIpc) is 2.38. The third kappa shape index (κ3) is 4.34. The van der Waals surface area contributed by atoms with E-state index in [9.17, 15) is 19.7 Å². The van der Waals surface area contributed by atoms with E-state index >= 15 is 0 Å². The second kappa shape index (κ2) is 7.22. The summed E-state index contributed by atoms with van der Waals surface area (Å²) in [5.74, 6) is -1.57. The first kappa shape index (κ1) is 15.6. The van der Waals surface area contributed by atoms with Crippen molar-refractivity contribution in [3.05, 3.63) is 33.9 Å². The van der Waals surface area contributed by atoms with Gasteiger partial charge >= 0.3 is 5.97 Å². The zero-order chi connectivity index (χ0) is 15.1. The van der Waals surface area contributed by atoms with Crippen LogP contribution in [-0.2, 0) is 4.79 Å². The maximum atomic E-state index is 11.6. The summed E-state index contributed by atoms with van der Waals surface area (Å²) in [6.07, 6.45) is 2.88. The molecule has 7 nitrogen and oxygen atoms in total. The molecule has 0 aliphatic rings. The van der Waals surface area contributed by atoms with Crippen LogP contribution in [0, 0.1) is 10.1 Å². The third-order valence-corrected chi connectivity index (χ3v) is 2.72. The van der Waals surface area contributed by atoms with E-state index in [0.717, 1.165) is 18.9 Å². The van der Waals surface area contributed by atoms with Crippen LogP contribution < -0.4 is 5.32 Å². The lowest BCUT2D eigenvalue weighted by Gasteiger charge is -2.06. The van der Waals surface area contributed by atoms with Gasteiger partial charge in [-0.3, -0.25) is 14.9 Å². The molecule has 0 saturated heterocycles. The van der Waals surface area contributed by atoms with Gasteiger partial charge in [-0.15, -0.1) is 0 Å². The Kier molecular flexibility index (Phi) is 5.64. The standard InChI is InChI=1S/C13H16N2O5/c1-2-3-4-5-12(16)14-10-7-6-9(13(17)18)8-11(10)15(19)20/h6-8H,2-5H2,1H3,(H,14,16)(H,17,18). The highest BCUT2D eigenvalue weighted by Crippen LogP contribution is 2.25. The number of anilines is 1. The van der Waals surface area contributed by atoms with Gasteiger partial charge in [0.05, 0.1) is 10.5 Å². The molecular weight excluding hydrogens is 264 g/mol. The first-order valence-corrected chi connectivity index (χ1v) is 6.27. The summed E-state index contributed by atoms with van der Waals surface area (Å²) in [6, 6.07) is 3.39. The highest BCUT2D eigenvalue weighted by atomic mass is 16.6. The zero-order valence-electron chi connectivity index (χ0n) is 11.1. The predicted octanol–water partition coefficient (Wildman–Crippen LogP) is 2.81. The topological polar surface area (TPSA) is 110 Å². The second-order valence-corrected chi connectivity index (χ2v) is 4.30. The monoisotopic (exact) mass is 280 g/mol. The molecule has 1 amide bonds. The van der Waals surface area contributed by atoms with Crippen LogP contribution in [0.25, 0.3) is 0 Å². The quantitative estimate of drug-likeness (QED) is 0.453. The summed E-state index contributed by atoms with van der Waals surface area (Å²) in [4.78, 5) is 32.6. The van der Waals surface area contributed by atoms with Crippen molar-refractivity contribution in [1.82, 2.24) is 0 Å². The van der Waals surface area contributed by atoms with Crippen molar-refractivity contribution < 1.29 is 19.6 Å². The highest BCUT2D eigenvalue weighted by Gasteiger charge is 2.18. The summed E-state index contributed by atoms with van der Waals surface area (Å²) in [5, 5.41) is 22.1. The Bertz CT molecular complexity index is 527. The van der Waals surface area contributed by atoms with Gasteiger partial charge in [0.15, 0.2) is 0 Å². The molecule has 0 aliphatic heterocycles. The number of nitrogens with zero attached hydrogens (tertiary/aromatic N) is 1. The van der Waals surface area contributed by atoms with Gasteiger partial charge in [0, 0.05) is 12.5 Å². The minimum Gasteiger partial charge on any atom is -0.478 e. The lowest BCUT2D eigenvalue weighted by Crippen LogP contribution is -2.13. The van der Waals surface area contributed by atoms with Crippen LogP contribution >= 0.6 is 0 Å². The van der Waals surface area contributed by atoms with Gasteiger partial charge in [-0.05, 0) is 18.6 Å². The van der Waals surface area contributed by atoms with Gasteiger partial charge < -0.3 is 10.4 Å². The molecular formula is C13H16N2O5. The molecule has 1 aromatic rings. The fourth-order valence-corrected chi connectivity index (χ4v) is 1.67. The van der Waals surface area contributed by atoms with Crippen molar-refractivity contribution in [2.45, 2.75) is 32.6 Å². The Morgan fingerprint density at radius 1 is 1.35 bits per heavy atom. The van der Waals surface area contributed by atoms with E-state index in [-0.39, 0.29) is 23.6 Å². The number of hydrogen-bond acceptors (Lipinski definition) is 4. The minimum absolute atomic E-state index is 0.0153. The fourth-order valence-electron chi connectivity index (χ4n) is 1.67. The van der Waals surface area contributed by atoms with Crippen molar-refractivity contribution >= 4 is 23.3 Å². The second-order valence-electron chi connectivity index (χ2n) is 4.30. The molecule has 20 heavy (non-hydrogen) atoms. The number of aromatic carboxylic acids is 1. The number of carbonyl (C=O) groups is 2. The summed E-state index contributed by atoms with van der Waals surface area (Å²) in [5.41, 5.74) is -0.601. The number of rotatable bonds is 7. The molecule has 1 aromatic carbocycles. The number of unbranched alkanes of at least 4 members (excludes halogenated alkanes) is 2. The Morgan fingerprint density at radius 3 is 2.60 bits per heavy atom. The van der Waals surface area contributed by atoms with Gasteiger partial charge in [0.2, 0.25) is 5.91 Å². The molecule has 2 N–H and O–H groups in total. The average molecular weight is 280 g/mol. The molecule has 0 radical (unpaired) electrons. The number of nitro groups is 1. The first-order chi connectivity index (χ1) is 9.45. The Balaban J connectivity index is 2.86. The summed E-state index contributed by atoms with van der Waals surface area (Å²) >= 11 is 0. The van der Waals surface area contributed by atoms with Gasteiger partial charge in [0.25, 0.3) is 5.69 Å². The van der Waals surface area contributed by atoms with Gasteiger partial charge in [0.1, 0.15) is 5.69 Å². The van der Waals surface area contributed by atoms with Crippen LogP contribution in [0.4, 0.5) is 11.4 Å². The van der Waals surface area contributed by atoms with Crippen molar-refractivity contribution in [2.75, 3.05) is 5.32 Å². The SMILES string of the molecule is CCCCCC(=O)Nc1ccc(C(=O)O)cc1[N+](=O)[O-]. The van der Waals surface area contributed by atoms with Gasteiger partial charge in [-0.1, -0.05) is 19.8 Å². The molecule has 0 aromatic heterocycles. The van der Waals surface area contributed by atoms with Crippen LogP contribution in [0.2, 0.25) is 0 Å². The van der Waals surface area contributed by atoms with E-state index in [4.69, 9.17) is 5.11 Å². The lowest BCUT2D eigenvalue weighted by atomic mass is 10.1. The van der Waals surface area contributed by atoms with E-state index in [1.165, 1.54) is 12.1 Å². The van der Waals surface area contributed by atoms with Crippen LogP contribution in [0.3, 0.4) is 0 Å². The number of nitro benzene ring substituents is 1. The highest BCUT2D eigenvalue weighted by molar-refractivity contribution is 5.95. The molecule has 108 valence electrons. The zero-order valence-corrected chi connectivity index (χ0v) is 11.1. The van der Waals surface area contributed by atoms with Crippen LogP contribution in [0.15, 0.2) is 18.2 Å². The van der Waals surface area contributed by atoms with Crippen molar-refractivity contribution in [3.8, 4) is 0 Å². The van der Waals surface area contributed by atoms with Crippen LogP contribution in [0.1, 0.15) is 43.0 Å². The molecule has 0 unspecified atom stereocenters. The summed E-state index contributed by atoms with van der Waals surface area (Å²) < 4.78 is 0. The number of hydrogen-bond donors (Lipinski definition) is 2. The number of carboxylic acids is 1. The molecule has 7 heteroatoms. The maximum Gasteiger partial charge on any atom is 0.335 e. The number of carboxylic acid groups (broad SMARTS) is 1. The maximum absolute atomic E-state index is 11.6. The molecule has 0 aliphatic carbocycles. The lowest BCUT2D eigenvalue weighted by molar-refractivity contribution is -0.384. The summed E-state index contributed by atoms with van der Waals surface area (Å²) in [6.45, 7) is 2.01. The fraction of sp³-hybridized carbons (Fsp3) is 0.385. The largest absolute Gasteiger partial charge is 0.478 e. The third-order valence-electron chi connectivity index (χ3n) is 2.72. The van der Waals surface area contributed by atoms with Crippen LogP contribution in [-0.4, -0.2) is 21.9 Å². The number of nitrogens with one attached hydrogen (secondary N) is 1. The molecule has 1 rings (SSSR count). The molecule has 0 heterocycles. The minimum atomic E-state index is -1.26. The van der Waals surface area contributed by atoms with Crippen molar-refractivity contribution in [1.29, 1.82) is 0 Å². The summed E-state index contributed by atoms with van der Waals surface area (Å²) in [7, 11) is 0. The molecule has 0 bridgehead atoms. The molecule has 0 fully saturated rings. The van der Waals surface area contributed by atoms with Crippen molar-refractivity contribution in [3.63, 3.8) is 0 Å². The van der Waals surface area contributed by atoms with E-state index in [2.05, 4.69) is 5.32 Å². The first-order valence-electron chi connectivity index (χ1n) is 6.27. The number of carbonyl (C=O) groups excluding carboxylic acids is 1. The Hall–Kier alpha value is -2.44. The smallest absolute Gasteiger partial charge is 0.335 e. The molecule has 0 spiro atoms. The van der Waals surface area contributed by atoms with E-state index in [1.54, 1.807) is 0 Å². The predicted molar refractivity (Wildman–Crippen MR) is 72.8 cm³/mol. The normalized spacial score (nSPS) is 10.1. The van der Waals surface area contributed by atoms with E-state index < -0.39 is 16.6 Å². The molecule has 0 atom stereocenters. The molecule has 0 saturated carbocycles. The Labute approximate surface area is 115 Å². The number of benzene rings is 1. The van der Waals surface area contributed by atoms with Gasteiger partial charge in [-0.2, -0.15) is 0 Å². The van der Waals surface area contributed by atoms with E-state index in [1.807, 2.05) is 6.92 Å². The Morgan fingerprint density at radius 2 is 2.05 bits per heavy atom. The van der Waals surface area contributed by atoms with Gasteiger partial charge in [-0.25, -0.2) is 4.79 Å².